The number of hydrogen-bond donors (Lipinski definition) is 0. The zero-order valence-electron chi connectivity index (χ0n) is 10.4. The topological polar surface area (TPSA) is 0 Å². The van der Waals surface area contributed by atoms with Gasteiger partial charge in [-0.05, 0) is 11.1 Å². The van der Waals surface area contributed by atoms with Crippen LogP contribution in [0.15, 0.2) is 60.7 Å². The van der Waals surface area contributed by atoms with E-state index in [9.17, 15) is 0 Å². The van der Waals surface area contributed by atoms with Gasteiger partial charge in [0.05, 0.1) is 0 Å². The van der Waals surface area contributed by atoms with Crippen molar-refractivity contribution in [1.82, 2.24) is 0 Å². The van der Waals surface area contributed by atoms with E-state index >= 15 is 0 Å². The number of aryl methyl sites for hydroxylation is 1. The van der Waals surface area contributed by atoms with Gasteiger partial charge in [-0.2, -0.15) is 6.07 Å². The Morgan fingerprint density at radius 1 is 0.895 bits per heavy atom. The molecule has 0 spiro atoms. The molecular weight excluding hydrogens is 364 g/mol. The van der Waals surface area contributed by atoms with Gasteiger partial charge in [0, 0.05) is 0 Å². The number of hydrogen-bond acceptors (Lipinski definition) is 0. The fraction of sp³-hybridized carbons (Fsp3) is 0.0625. The van der Waals surface area contributed by atoms with Crippen LogP contribution in [-0.2, 0) is 15.1 Å². The van der Waals surface area contributed by atoms with Gasteiger partial charge in [-0.15, -0.1) is 28.5 Å². The zero-order valence-corrected chi connectivity index (χ0v) is 13.6. The van der Waals surface area contributed by atoms with Gasteiger partial charge in [-0.3, -0.25) is 0 Å². The van der Waals surface area contributed by atoms with Crippen molar-refractivity contribution >= 4 is 30.2 Å². The van der Waals surface area contributed by atoms with Crippen LogP contribution in [0.2, 0.25) is 0 Å². The van der Waals surface area contributed by atoms with Crippen molar-refractivity contribution in [2.75, 3.05) is 0 Å². The molecule has 0 aliphatic rings. The Hall–Kier alpha value is -0.747. The molecule has 19 heavy (non-hydrogen) atoms. The Bertz CT molecular complexity index is 644. The third-order valence-corrected chi connectivity index (χ3v) is 2.96. The second-order valence-electron chi connectivity index (χ2n) is 4.29. The van der Waals surface area contributed by atoms with Gasteiger partial charge < -0.3 is 0 Å². The molecule has 0 heterocycles. The number of halogens is 2. The first-order valence-corrected chi connectivity index (χ1v) is 10.3. The molecule has 0 bridgehead atoms. The maximum atomic E-state index is 4.85. The summed E-state index contributed by atoms with van der Waals surface area (Å²) in [6, 6.07) is 21.6. The van der Waals surface area contributed by atoms with E-state index in [1.165, 1.54) is 27.5 Å². The van der Waals surface area contributed by atoms with Crippen molar-refractivity contribution in [2.45, 2.75) is 6.92 Å². The molecule has 0 N–H and O–H groups in total. The van der Waals surface area contributed by atoms with Crippen LogP contribution in [0.3, 0.4) is 0 Å². The fourth-order valence-electron chi connectivity index (χ4n) is 2.17. The van der Waals surface area contributed by atoms with Gasteiger partial charge in [-0.25, -0.2) is 0 Å². The Morgan fingerprint density at radius 3 is 2.26 bits per heavy atom. The molecule has 3 aromatic rings. The number of benzene rings is 2. The number of fused-ring (bicyclic) bond motifs is 1. The molecule has 0 radical (unpaired) electrons. The van der Waals surface area contributed by atoms with E-state index in [0.717, 1.165) is 0 Å². The fourth-order valence-corrected chi connectivity index (χ4v) is 2.17. The Kier molecular flexibility index (Phi) is 5.51. The first-order chi connectivity index (χ1) is 9.24. The molecule has 0 amide bonds. The Labute approximate surface area is 129 Å². The van der Waals surface area contributed by atoms with E-state index in [2.05, 4.69) is 67.6 Å². The van der Waals surface area contributed by atoms with Gasteiger partial charge >= 0.3 is 34.5 Å². The minimum atomic E-state index is -0.346. The molecule has 0 aliphatic carbocycles. The predicted octanol–water partition coefficient (Wildman–Crippen LogP) is 5.91. The summed E-state index contributed by atoms with van der Waals surface area (Å²) in [5.41, 5.74) is 3.90. The standard InChI is InChI=1S/C16H13.2ClH.Ru/c1-12-9-14-7-8-15(11-16(14)10-12)13-5-3-2-4-6-13;;;/h2-11H,1H3;2*1H;/q-1;;;+2/p-2. The predicted molar refractivity (Wildman–Crippen MR) is 81.4 cm³/mol. The van der Waals surface area contributed by atoms with Crippen LogP contribution in [0.5, 0.6) is 0 Å². The average molecular weight is 377 g/mol. The third-order valence-electron chi connectivity index (χ3n) is 2.96. The first-order valence-electron chi connectivity index (χ1n) is 5.82. The molecule has 3 heteroatoms. The second-order valence-corrected chi connectivity index (χ2v) is 6.93. The molecular formula is C16H13Cl2Ru-. The monoisotopic (exact) mass is 377 g/mol. The third kappa shape index (κ3) is 3.86. The number of rotatable bonds is 1. The van der Waals surface area contributed by atoms with E-state index in [1.54, 1.807) is 0 Å². The van der Waals surface area contributed by atoms with Crippen molar-refractivity contribution in [3.63, 3.8) is 0 Å². The molecule has 0 fully saturated rings. The van der Waals surface area contributed by atoms with Crippen LogP contribution >= 0.6 is 19.4 Å². The van der Waals surface area contributed by atoms with E-state index in [4.69, 9.17) is 19.4 Å². The molecule has 3 aromatic carbocycles. The van der Waals surface area contributed by atoms with Crippen LogP contribution in [-0.4, -0.2) is 0 Å². The van der Waals surface area contributed by atoms with Gasteiger partial charge in [0.2, 0.25) is 0 Å². The summed E-state index contributed by atoms with van der Waals surface area (Å²) in [4.78, 5) is 0. The normalized spacial score (nSPS) is 10.3. The summed E-state index contributed by atoms with van der Waals surface area (Å²) in [5.74, 6) is 0. The molecule has 0 unspecified atom stereocenters. The molecule has 0 nitrogen and oxygen atoms in total. The molecule has 3 rings (SSSR count). The average Bonchev–Trinajstić information content (AvgIpc) is 2.79. The SMILES string of the molecule is Cc1cc2cc(-c3ccccc3)ccc2[cH-]1.[Cl][Ru][Cl]. The van der Waals surface area contributed by atoms with Crippen LogP contribution in [0.4, 0.5) is 0 Å². The van der Waals surface area contributed by atoms with Gasteiger partial charge in [0.25, 0.3) is 0 Å². The molecule has 0 aliphatic heterocycles. The molecule has 0 saturated heterocycles. The minimum absolute atomic E-state index is 0.346. The van der Waals surface area contributed by atoms with Crippen molar-refractivity contribution in [1.29, 1.82) is 0 Å². The van der Waals surface area contributed by atoms with Crippen LogP contribution in [0.1, 0.15) is 5.56 Å². The van der Waals surface area contributed by atoms with E-state index in [-0.39, 0.29) is 15.1 Å². The maximum absolute atomic E-state index is 4.85. The van der Waals surface area contributed by atoms with Gasteiger partial charge in [-0.1, -0.05) is 49.4 Å². The van der Waals surface area contributed by atoms with Crippen LogP contribution in [0, 0.1) is 6.92 Å². The zero-order chi connectivity index (χ0) is 13.7. The van der Waals surface area contributed by atoms with Crippen LogP contribution in [0.25, 0.3) is 21.9 Å². The summed E-state index contributed by atoms with van der Waals surface area (Å²) < 4.78 is 0. The van der Waals surface area contributed by atoms with Crippen molar-refractivity contribution in [3.8, 4) is 11.1 Å². The summed E-state index contributed by atoms with van der Waals surface area (Å²) in [6.07, 6.45) is 0. The van der Waals surface area contributed by atoms with E-state index < -0.39 is 0 Å². The molecule has 0 saturated carbocycles. The quantitative estimate of drug-likeness (QED) is 0.365. The Morgan fingerprint density at radius 2 is 1.58 bits per heavy atom. The second kappa shape index (κ2) is 7.15. The van der Waals surface area contributed by atoms with E-state index in [1.807, 2.05) is 0 Å². The Balaban J connectivity index is 0.000000408. The first kappa shape index (κ1) is 14.7. The van der Waals surface area contributed by atoms with Gasteiger partial charge in [0.15, 0.2) is 0 Å². The summed E-state index contributed by atoms with van der Waals surface area (Å²) in [6.45, 7) is 2.14. The van der Waals surface area contributed by atoms with E-state index in [0.29, 0.717) is 0 Å². The van der Waals surface area contributed by atoms with Crippen molar-refractivity contribution in [3.05, 3.63) is 66.2 Å². The van der Waals surface area contributed by atoms with Crippen LogP contribution < -0.4 is 0 Å². The van der Waals surface area contributed by atoms with Crippen molar-refractivity contribution in [2.24, 2.45) is 0 Å². The summed E-state index contributed by atoms with van der Waals surface area (Å²) in [7, 11) is 9.71. The molecule has 100 valence electrons. The van der Waals surface area contributed by atoms with Gasteiger partial charge in [0.1, 0.15) is 0 Å². The molecule has 0 aromatic heterocycles. The molecule has 0 atom stereocenters. The summed E-state index contributed by atoms with van der Waals surface area (Å²) in [5, 5.41) is 2.66. The van der Waals surface area contributed by atoms with Crippen molar-refractivity contribution < 1.29 is 15.1 Å². The summed E-state index contributed by atoms with van der Waals surface area (Å²) >= 11 is -0.346.